The maximum absolute atomic E-state index is 11.7. The zero-order valence-corrected chi connectivity index (χ0v) is 11.1. The number of hydrogen-bond donors (Lipinski definition) is 1. The third-order valence-corrected chi connectivity index (χ3v) is 3.82. The summed E-state index contributed by atoms with van der Waals surface area (Å²) in [7, 11) is 0. The molecule has 0 radical (unpaired) electrons. The SMILES string of the molecule is NC(=O)c1ccc2nonc2c1N1Cc2ccccc2C1. The minimum atomic E-state index is -0.481. The van der Waals surface area contributed by atoms with Gasteiger partial charge in [-0.15, -0.1) is 0 Å². The number of aromatic nitrogens is 2. The molecular weight excluding hydrogens is 268 g/mol. The summed E-state index contributed by atoms with van der Waals surface area (Å²) in [4.78, 5) is 13.8. The molecule has 0 unspecified atom stereocenters. The first-order valence-corrected chi connectivity index (χ1v) is 6.61. The van der Waals surface area contributed by atoms with Crippen LogP contribution in [0.2, 0.25) is 0 Å². The Morgan fingerprint density at radius 3 is 2.48 bits per heavy atom. The lowest BCUT2D eigenvalue weighted by atomic mass is 10.1. The first-order chi connectivity index (χ1) is 10.2. The normalized spacial score (nSPS) is 13.6. The molecule has 0 fully saturated rings. The number of amides is 1. The van der Waals surface area contributed by atoms with Crippen molar-refractivity contribution in [2.24, 2.45) is 5.73 Å². The monoisotopic (exact) mass is 280 g/mol. The van der Waals surface area contributed by atoms with E-state index in [1.165, 1.54) is 11.1 Å². The Kier molecular flexibility index (Phi) is 2.44. The number of carbonyl (C=O) groups excluding carboxylic acids is 1. The minimum absolute atomic E-state index is 0.436. The van der Waals surface area contributed by atoms with Gasteiger partial charge in [-0.3, -0.25) is 4.79 Å². The van der Waals surface area contributed by atoms with Crippen LogP contribution in [0.5, 0.6) is 0 Å². The predicted molar refractivity (Wildman–Crippen MR) is 76.7 cm³/mol. The van der Waals surface area contributed by atoms with Gasteiger partial charge in [-0.05, 0) is 33.6 Å². The number of hydrogen-bond acceptors (Lipinski definition) is 5. The molecule has 0 bridgehead atoms. The summed E-state index contributed by atoms with van der Waals surface area (Å²) in [6.45, 7) is 1.42. The average Bonchev–Trinajstić information content (AvgIpc) is 3.11. The van der Waals surface area contributed by atoms with Crippen LogP contribution in [0.1, 0.15) is 21.5 Å². The van der Waals surface area contributed by atoms with Crippen LogP contribution in [-0.2, 0) is 13.1 Å². The molecule has 0 atom stereocenters. The highest BCUT2D eigenvalue weighted by molar-refractivity contribution is 6.06. The second-order valence-electron chi connectivity index (χ2n) is 5.08. The molecular formula is C15H12N4O2. The van der Waals surface area contributed by atoms with Crippen LogP contribution in [0.25, 0.3) is 11.0 Å². The van der Waals surface area contributed by atoms with E-state index in [-0.39, 0.29) is 0 Å². The summed E-state index contributed by atoms with van der Waals surface area (Å²) in [5.74, 6) is -0.481. The molecule has 1 aliphatic rings. The predicted octanol–water partition coefficient (Wildman–Crippen LogP) is 1.84. The van der Waals surface area contributed by atoms with Gasteiger partial charge in [0.1, 0.15) is 5.52 Å². The van der Waals surface area contributed by atoms with Crippen molar-refractivity contribution in [1.82, 2.24) is 10.3 Å². The molecule has 1 aliphatic heterocycles. The Hall–Kier alpha value is -2.89. The van der Waals surface area contributed by atoms with Gasteiger partial charge in [0.25, 0.3) is 5.91 Å². The molecule has 2 aromatic carbocycles. The van der Waals surface area contributed by atoms with Gasteiger partial charge in [0, 0.05) is 13.1 Å². The fraction of sp³-hybridized carbons (Fsp3) is 0.133. The first-order valence-electron chi connectivity index (χ1n) is 6.61. The maximum Gasteiger partial charge on any atom is 0.250 e. The van der Waals surface area contributed by atoms with Crippen molar-refractivity contribution >= 4 is 22.6 Å². The van der Waals surface area contributed by atoms with Crippen molar-refractivity contribution in [3.8, 4) is 0 Å². The number of primary amides is 1. The number of fused-ring (bicyclic) bond motifs is 2. The van der Waals surface area contributed by atoms with Gasteiger partial charge in [-0.25, -0.2) is 4.63 Å². The molecule has 0 saturated carbocycles. The molecule has 6 nitrogen and oxygen atoms in total. The molecule has 3 aromatic rings. The molecule has 0 spiro atoms. The highest BCUT2D eigenvalue weighted by Gasteiger charge is 2.26. The lowest BCUT2D eigenvalue weighted by Crippen LogP contribution is -2.21. The number of nitrogens with two attached hydrogens (primary N) is 1. The number of nitrogens with zero attached hydrogens (tertiary/aromatic N) is 3. The van der Waals surface area contributed by atoms with Crippen molar-refractivity contribution in [1.29, 1.82) is 0 Å². The first kappa shape index (κ1) is 11.9. The average molecular weight is 280 g/mol. The quantitative estimate of drug-likeness (QED) is 0.774. The number of benzene rings is 2. The van der Waals surface area contributed by atoms with Crippen molar-refractivity contribution in [3.63, 3.8) is 0 Å². The molecule has 0 aliphatic carbocycles. The van der Waals surface area contributed by atoms with Crippen LogP contribution in [0.3, 0.4) is 0 Å². The van der Waals surface area contributed by atoms with Crippen LogP contribution in [0.4, 0.5) is 5.69 Å². The van der Waals surface area contributed by atoms with E-state index in [1.54, 1.807) is 12.1 Å². The second kappa shape index (κ2) is 4.31. The zero-order valence-electron chi connectivity index (χ0n) is 11.1. The van der Waals surface area contributed by atoms with E-state index in [0.717, 1.165) is 0 Å². The summed E-state index contributed by atoms with van der Waals surface area (Å²) in [5, 5.41) is 7.77. The van der Waals surface area contributed by atoms with Gasteiger partial charge in [0.05, 0.1) is 11.3 Å². The van der Waals surface area contributed by atoms with Gasteiger partial charge in [0.15, 0.2) is 5.52 Å². The molecule has 0 saturated heterocycles. The van der Waals surface area contributed by atoms with Gasteiger partial charge in [0.2, 0.25) is 0 Å². The largest absolute Gasteiger partial charge is 0.366 e. The summed E-state index contributed by atoms with van der Waals surface area (Å²) < 4.78 is 4.80. The maximum atomic E-state index is 11.7. The molecule has 104 valence electrons. The topological polar surface area (TPSA) is 85.2 Å². The Balaban J connectivity index is 1.89. The van der Waals surface area contributed by atoms with E-state index in [0.29, 0.717) is 35.4 Å². The molecule has 4 rings (SSSR count). The van der Waals surface area contributed by atoms with Crippen LogP contribution in [0.15, 0.2) is 41.0 Å². The third kappa shape index (κ3) is 1.76. The second-order valence-corrected chi connectivity index (χ2v) is 5.08. The fourth-order valence-electron chi connectivity index (χ4n) is 2.85. The van der Waals surface area contributed by atoms with E-state index in [4.69, 9.17) is 10.4 Å². The molecule has 1 aromatic heterocycles. The van der Waals surface area contributed by atoms with E-state index in [1.807, 2.05) is 12.1 Å². The van der Waals surface area contributed by atoms with Crippen molar-refractivity contribution < 1.29 is 9.42 Å². The van der Waals surface area contributed by atoms with Crippen LogP contribution in [0, 0.1) is 0 Å². The van der Waals surface area contributed by atoms with Crippen molar-refractivity contribution in [2.45, 2.75) is 13.1 Å². The molecule has 6 heteroatoms. The highest BCUT2D eigenvalue weighted by Crippen LogP contribution is 2.34. The van der Waals surface area contributed by atoms with Gasteiger partial charge < -0.3 is 10.6 Å². The fourth-order valence-corrected chi connectivity index (χ4v) is 2.85. The summed E-state index contributed by atoms with van der Waals surface area (Å²) in [6.07, 6.45) is 0. The van der Waals surface area contributed by atoms with E-state index < -0.39 is 5.91 Å². The molecule has 1 amide bonds. The van der Waals surface area contributed by atoms with Crippen LogP contribution >= 0.6 is 0 Å². The van der Waals surface area contributed by atoms with Crippen LogP contribution in [-0.4, -0.2) is 16.2 Å². The van der Waals surface area contributed by atoms with Crippen LogP contribution < -0.4 is 10.6 Å². The zero-order chi connectivity index (χ0) is 14.4. The third-order valence-electron chi connectivity index (χ3n) is 3.82. The Morgan fingerprint density at radius 1 is 1.10 bits per heavy atom. The standard InChI is InChI=1S/C15H12N4O2/c16-15(20)11-5-6-12-13(18-21-17-12)14(11)19-7-9-3-1-2-4-10(9)8-19/h1-6H,7-8H2,(H2,16,20). The van der Waals surface area contributed by atoms with Crippen molar-refractivity contribution in [3.05, 3.63) is 53.1 Å². The van der Waals surface area contributed by atoms with Crippen molar-refractivity contribution in [2.75, 3.05) is 4.90 Å². The van der Waals surface area contributed by atoms with Gasteiger partial charge >= 0.3 is 0 Å². The van der Waals surface area contributed by atoms with Gasteiger partial charge in [-0.2, -0.15) is 0 Å². The lowest BCUT2D eigenvalue weighted by Gasteiger charge is -2.20. The Morgan fingerprint density at radius 2 is 1.81 bits per heavy atom. The number of carbonyl (C=O) groups is 1. The summed E-state index contributed by atoms with van der Waals surface area (Å²) >= 11 is 0. The highest BCUT2D eigenvalue weighted by atomic mass is 16.6. The van der Waals surface area contributed by atoms with Gasteiger partial charge in [-0.1, -0.05) is 24.3 Å². The minimum Gasteiger partial charge on any atom is -0.366 e. The Bertz CT molecular complexity index is 831. The molecule has 2 N–H and O–H groups in total. The molecule has 2 heterocycles. The van der Waals surface area contributed by atoms with E-state index in [9.17, 15) is 4.79 Å². The summed E-state index contributed by atoms with van der Waals surface area (Å²) in [5.41, 5.74) is 10.3. The number of rotatable bonds is 2. The number of anilines is 1. The summed E-state index contributed by atoms with van der Waals surface area (Å²) in [6, 6.07) is 11.6. The van der Waals surface area contributed by atoms with E-state index in [2.05, 4.69) is 27.3 Å². The van der Waals surface area contributed by atoms with E-state index >= 15 is 0 Å². The smallest absolute Gasteiger partial charge is 0.250 e. The Labute approximate surface area is 120 Å². The molecule has 21 heavy (non-hydrogen) atoms. The lowest BCUT2D eigenvalue weighted by molar-refractivity contribution is 0.100.